The lowest BCUT2D eigenvalue weighted by atomic mass is 9.79. The van der Waals surface area contributed by atoms with Gasteiger partial charge in [0.1, 0.15) is 0 Å². The number of nitrogens with one attached hydrogen (secondary N) is 1. The molecule has 0 atom stereocenters. The van der Waals surface area contributed by atoms with Crippen LogP contribution in [0.15, 0.2) is 0 Å². The lowest BCUT2D eigenvalue weighted by molar-refractivity contribution is -0.00934. The number of likely N-dealkylation sites (tertiary alicyclic amines) is 1. The highest BCUT2D eigenvalue weighted by molar-refractivity contribution is 4.88. The summed E-state index contributed by atoms with van der Waals surface area (Å²) in [6, 6.07) is 0. The van der Waals surface area contributed by atoms with E-state index >= 15 is 0 Å². The summed E-state index contributed by atoms with van der Waals surface area (Å²) in [5.74, 6) is 0.899. The summed E-state index contributed by atoms with van der Waals surface area (Å²) in [5, 5.41) is 3.41. The average molecular weight is 283 g/mol. The van der Waals surface area contributed by atoms with Crippen molar-refractivity contribution in [2.75, 3.05) is 67.1 Å². The van der Waals surface area contributed by atoms with Crippen molar-refractivity contribution >= 4 is 0 Å². The molecule has 2 saturated heterocycles. The highest BCUT2D eigenvalue weighted by Crippen LogP contribution is 2.32. The second-order valence-electron chi connectivity index (χ2n) is 7.12. The molecular weight excluding hydrogens is 250 g/mol. The molecular formula is C16H33N3O. The normalized spacial score (nSPS) is 25.2. The SMILES string of the molecule is CNCC1(CN2CCC(CN(C)C)CC2)CCOCC1. The molecule has 118 valence electrons. The van der Waals surface area contributed by atoms with Gasteiger partial charge in [0, 0.05) is 32.8 Å². The third kappa shape index (κ3) is 4.69. The largest absolute Gasteiger partial charge is 0.381 e. The Labute approximate surface area is 124 Å². The lowest BCUT2D eigenvalue weighted by Crippen LogP contribution is -2.49. The molecule has 0 bridgehead atoms. The molecule has 0 unspecified atom stereocenters. The maximum absolute atomic E-state index is 5.57. The van der Waals surface area contributed by atoms with Crippen LogP contribution in [0.1, 0.15) is 25.7 Å². The van der Waals surface area contributed by atoms with Crippen LogP contribution in [0.5, 0.6) is 0 Å². The standard InChI is InChI=1S/C16H33N3O/c1-17-13-16(6-10-20-11-7-16)14-19-8-4-15(5-9-19)12-18(2)3/h15,17H,4-14H2,1-3H3. The molecule has 0 spiro atoms. The highest BCUT2D eigenvalue weighted by atomic mass is 16.5. The number of piperidine rings is 1. The molecule has 1 N–H and O–H groups in total. The Morgan fingerprint density at radius 1 is 1.20 bits per heavy atom. The van der Waals surface area contributed by atoms with E-state index in [-0.39, 0.29) is 0 Å². The van der Waals surface area contributed by atoms with Gasteiger partial charge in [-0.25, -0.2) is 0 Å². The van der Waals surface area contributed by atoms with Crippen molar-refractivity contribution in [1.29, 1.82) is 0 Å². The van der Waals surface area contributed by atoms with Crippen LogP contribution in [0.4, 0.5) is 0 Å². The minimum absolute atomic E-state index is 0.446. The van der Waals surface area contributed by atoms with E-state index in [1.54, 1.807) is 0 Å². The topological polar surface area (TPSA) is 27.7 Å². The van der Waals surface area contributed by atoms with E-state index in [0.29, 0.717) is 5.41 Å². The minimum Gasteiger partial charge on any atom is -0.381 e. The van der Waals surface area contributed by atoms with Crippen molar-refractivity contribution in [1.82, 2.24) is 15.1 Å². The Morgan fingerprint density at radius 2 is 1.85 bits per heavy atom. The zero-order valence-corrected chi connectivity index (χ0v) is 13.7. The predicted octanol–water partition coefficient (Wildman–Crippen LogP) is 1.28. The molecule has 20 heavy (non-hydrogen) atoms. The molecule has 0 saturated carbocycles. The molecule has 0 aliphatic carbocycles. The summed E-state index contributed by atoms with van der Waals surface area (Å²) in [4.78, 5) is 5.04. The van der Waals surface area contributed by atoms with E-state index in [1.807, 2.05) is 0 Å². The van der Waals surface area contributed by atoms with Gasteiger partial charge < -0.3 is 19.9 Å². The molecule has 2 heterocycles. The molecule has 4 nitrogen and oxygen atoms in total. The average Bonchev–Trinajstić information content (AvgIpc) is 2.42. The summed E-state index contributed by atoms with van der Waals surface area (Å²) < 4.78 is 5.57. The number of rotatable bonds is 6. The second-order valence-corrected chi connectivity index (χ2v) is 7.12. The predicted molar refractivity (Wildman–Crippen MR) is 84.1 cm³/mol. The first-order valence-electron chi connectivity index (χ1n) is 8.23. The Kier molecular flexibility index (Phi) is 6.27. The lowest BCUT2D eigenvalue weighted by Gasteiger charge is -2.43. The van der Waals surface area contributed by atoms with Crippen molar-refractivity contribution in [2.45, 2.75) is 25.7 Å². The Morgan fingerprint density at radius 3 is 2.40 bits per heavy atom. The summed E-state index contributed by atoms with van der Waals surface area (Å²) in [6.07, 6.45) is 5.16. The van der Waals surface area contributed by atoms with Crippen LogP contribution in [-0.2, 0) is 4.74 Å². The molecule has 0 amide bonds. The smallest absolute Gasteiger partial charge is 0.0472 e. The van der Waals surface area contributed by atoms with Gasteiger partial charge in [-0.05, 0) is 71.2 Å². The molecule has 0 aromatic carbocycles. The quantitative estimate of drug-likeness (QED) is 0.795. The molecule has 0 aromatic heterocycles. The first kappa shape index (κ1) is 16.2. The minimum atomic E-state index is 0.446. The number of hydrogen-bond acceptors (Lipinski definition) is 4. The van der Waals surface area contributed by atoms with E-state index in [2.05, 4.69) is 36.3 Å². The fourth-order valence-corrected chi connectivity index (χ4v) is 3.89. The fraction of sp³-hybridized carbons (Fsp3) is 1.00. The number of hydrogen-bond donors (Lipinski definition) is 1. The van der Waals surface area contributed by atoms with Crippen LogP contribution >= 0.6 is 0 Å². The van der Waals surface area contributed by atoms with Gasteiger partial charge in [0.25, 0.3) is 0 Å². The number of ether oxygens (including phenoxy) is 1. The monoisotopic (exact) mass is 283 g/mol. The maximum Gasteiger partial charge on any atom is 0.0472 e. The molecule has 0 radical (unpaired) electrons. The zero-order valence-electron chi connectivity index (χ0n) is 13.7. The molecule has 2 aliphatic heterocycles. The summed E-state index contributed by atoms with van der Waals surface area (Å²) in [6.45, 7) is 8.09. The van der Waals surface area contributed by atoms with Crippen LogP contribution in [0.2, 0.25) is 0 Å². The van der Waals surface area contributed by atoms with Gasteiger partial charge >= 0.3 is 0 Å². The van der Waals surface area contributed by atoms with Crippen LogP contribution in [0.25, 0.3) is 0 Å². The van der Waals surface area contributed by atoms with E-state index in [4.69, 9.17) is 4.74 Å². The van der Waals surface area contributed by atoms with E-state index in [9.17, 15) is 0 Å². The van der Waals surface area contributed by atoms with E-state index < -0.39 is 0 Å². The van der Waals surface area contributed by atoms with Gasteiger partial charge in [0.05, 0.1) is 0 Å². The van der Waals surface area contributed by atoms with Crippen LogP contribution < -0.4 is 5.32 Å². The number of nitrogens with zero attached hydrogens (tertiary/aromatic N) is 2. The molecule has 0 aromatic rings. The van der Waals surface area contributed by atoms with E-state index in [0.717, 1.165) is 25.7 Å². The summed E-state index contributed by atoms with van der Waals surface area (Å²) in [5.41, 5.74) is 0.446. The van der Waals surface area contributed by atoms with Crippen LogP contribution in [0, 0.1) is 11.3 Å². The fourth-order valence-electron chi connectivity index (χ4n) is 3.89. The van der Waals surface area contributed by atoms with Crippen molar-refractivity contribution in [2.24, 2.45) is 11.3 Å². The van der Waals surface area contributed by atoms with Gasteiger partial charge in [-0.1, -0.05) is 0 Å². The van der Waals surface area contributed by atoms with Gasteiger partial charge in [0.15, 0.2) is 0 Å². The van der Waals surface area contributed by atoms with Crippen molar-refractivity contribution < 1.29 is 4.74 Å². The highest BCUT2D eigenvalue weighted by Gasteiger charge is 2.34. The first-order chi connectivity index (χ1) is 9.63. The van der Waals surface area contributed by atoms with Gasteiger partial charge in [-0.2, -0.15) is 0 Å². The summed E-state index contributed by atoms with van der Waals surface area (Å²) in [7, 11) is 6.47. The van der Waals surface area contributed by atoms with Crippen LogP contribution in [-0.4, -0.2) is 76.9 Å². The Hall–Kier alpha value is -0.160. The Balaban J connectivity index is 1.80. The van der Waals surface area contributed by atoms with Crippen molar-refractivity contribution in [3.63, 3.8) is 0 Å². The molecule has 2 rings (SSSR count). The molecule has 4 heteroatoms. The maximum atomic E-state index is 5.57. The van der Waals surface area contributed by atoms with Crippen molar-refractivity contribution in [3.05, 3.63) is 0 Å². The third-order valence-electron chi connectivity index (χ3n) is 4.99. The second kappa shape index (κ2) is 7.74. The van der Waals surface area contributed by atoms with Gasteiger partial charge in [0.2, 0.25) is 0 Å². The Bertz CT molecular complexity index is 263. The molecule has 2 fully saturated rings. The van der Waals surface area contributed by atoms with E-state index in [1.165, 1.54) is 51.9 Å². The van der Waals surface area contributed by atoms with Crippen molar-refractivity contribution in [3.8, 4) is 0 Å². The third-order valence-corrected chi connectivity index (χ3v) is 4.99. The van der Waals surface area contributed by atoms with Gasteiger partial charge in [-0.3, -0.25) is 0 Å². The van der Waals surface area contributed by atoms with Crippen LogP contribution in [0.3, 0.4) is 0 Å². The molecule has 2 aliphatic rings. The van der Waals surface area contributed by atoms with Gasteiger partial charge in [-0.15, -0.1) is 0 Å². The first-order valence-corrected chi connectivity index (χ1v) is 8.23. The summed E-state index contributed by atoms with van der Waals surface area (Å²) >= 11 is 0. The zero-order chi connectivity index (χ0) is 14.4.